The molecule has 2 rings (SSSR count). The SMILES string of the molecule is O=C(O)/C(=C/c1ccco1)SS/C(=C\c1ccco1)C(=O)O. The average molecular weight is 338 g/mol. The average Bonchev–Trinajstić information content (AvgIpc) is 3.14. The van der Waals surface area contributed by atoms with Crippen LogP contribution in [0.5, 0.6) is 0 Å². The standard InChI is InChI=1S/C14H10O6S2/c15-13(16)11(7-9-3-1-5-19-9)21-22-12(14(17)18)8-10-4-2-6-20-10/h1-8H,(H,15,16)(H,17,18)/b11-7-,12-8-. The van der Waals surface area contributed by atoms with Crippen LogP contribution in [0, 0.1) is 0 Å². The lowest BCUT2D eigenvalue weighted by Gasteiger charge is -2.02. The molecule has 2 aromatic heterocycles. The van der Waals surface area contributed by atoms with Crippen molar-refractivity contribution in [2.75, 3.05) is 0 Å². The number of carbonyl (C=O) groups is 2. The second-order valence-corrected chi connectivity index (χ2v) is 6.04. The van der Waals surface area contributed by atoms with Crippen LogP contribution in [0.25, 0.3) is 12.2 Å². The van der Waals surface area contributed by atoms with Gasteiger partial charge in [-0.2, -0.15) is 0 Å². The van der Waals surface area contributed by atoms with E-state index in [4.69, 9.17) is 19.0 Å². The minimum absolute atomic E-state index is 0.0495. The van der Waals surface area contributed by atoms with Crippen molar-refractivity contribution in [3.8, 4) is 0 Å². The van der Waals surface area contributed by atoms with Crippen LogP contribution in [0.4, 0.5) is 0 Å². The summed E-state index contributed by atoms with van der Waals surface area (Å²) in [5, 5.41) is 18.3. The van der Waals surface area contributed by atoms with Crippen molar-refractivity contribution in [3.05, 3.63) is 58.1 Å². The third kappa shape index (κ3) is 4.61. The summed E-state index contributed by atoms with van der Waals surface area (Å²) in [4.78, 5) is 22.3. The van der Waals surface area contributed by atoms with Gasteiger partial charge in [-0.25, -0.2) is 9.59 Å². The van der Waals surface area contributed by atoms with Gasteiger partial charge in [0.15, 0.2) is 0 Å². The van der Waals surface area contributed by atoms with Crippen molar-refractivity contribution in [2.45, 2.75) is 0 Å². The molecular formula is C14H10O6S2. The number of hydrogen-bond donors (Lipinski definition) is 2. The van der Waals surface area contributed by atoms with Crippen LogP contribution in [0.15, 0.2) is 55.4 Å². The predicted octanol–water partition coefficient (Wildman–Crippen LogP) is 3.81. The van der Waals surface area contributed by atoms with Crippen LogP contribution < -0.4 is 0 Å². The van der Waals surface area contributed by atoms with E-state index in [0.29, 0.717) is 11.5 Å². The van der Waals surface area contributed by atoms with Gasteiger partial charge in [0.2, 0.25) is 0 Å². The van der Waals surface area contributed by atoms with Crippen molar-refractivity contribution in [3.63, 3.8) is 0 Å². The number of rotatable bonds is 7. The molecule has 0 spiro atoms. The summed E-state index contributed by atoms with van der Waals surface area (Å²) in [7, 11) is 1.63. The molecule has 114 valence electrons. The maximum Gasteiger partial charge on any atom is 0.343 e. The Hall–Kier alpha value is -2.32. The van der Waals surface area contributed by atoms with Crippen LogP contribution in [0.3, 0.4) is 0 Å². The Balaban J connectivity index is 2.13. The molecule has 0 unspecified atom stereocenters. The first kappa shape index (κ1) is 16.1. The summed E-state index contributed by atoms with van der Waals surface area (Å²) in [6.45, 7) is 0. The van der Waals surface area contributed by atoms with Crippen LogP contribution in [0.1, 0.15) is 11.5 Å². The molecular weight excluding hydrogens is 328 g/mol. The second kappa shape index (κ2) is 7.62. The summed E-state index contributed by atoms with van der Waals surface area (Å²) >= 11 is 0. The van der Waals surface area contributed by atoms with E-state index in [1.165, 1.54) is 24.7 Å². The van der Waals surface area contributed by atoms with Gasteiger partial charge in [-0.3, -0.25) is 0 Å². The van der Waals surface area contributed by atoms with E-state index in [1.54, 1.807) is 24.3 Å². The van der Waals surface area contributed by atoms with E-state index >= 15 is 0 Å². The first-order chi connectivity index (χ1) is 10.6. The molecule has 22 heavy (non-hydrogen) atoms. The molecule has 2 N–H and O–H groups in total. The Bertz CT molecular complexity index is 636. The first-order valence-corrected chi connectivity index (χ1v) is 8.03. The Morgan fingerprint density at radius 3 is 1.55 bits per heavy atom. The zero-order valence-electron chi connectivity index (χ0n) is 11.0. The summed E-state index contributed by atoms with van der Waals surface area (Å²) in [5.74, 6) is -1.59. The number of carboxylic acid groups (broad SMARTS) is 2. The number of aliphatic carboxylic acids is 2. The molecule has 0 amide bonds. The van der Waals surface area contributed by atoms with Crippen LogP contribution in [0.2, 0.25) is 0 Å². The van der Waals surface area contributed by atoms with Crippen molar-refractivity contribution in [2.24, 2.45) is 0 Å². The van der Waals surface area contributed by atoms with Gasteiger partial charge < -0.3 is 19.0 Å². The Kier molecular flexibility index (Phi) is 5.56. The molecule has 0 saturated heterocycles. The monoisotopic (exact) mass is 338 g/mol. The highest BCUT2D eigenvalue weighted by Crippen LogP contribution is 2.38. The molecule has 2 heterocycles. The molecule has 8 heteroatoms. The fraction of sp³-hybridized carbons (Fsp3) is 0. The summed E-state index contributed by atoms with van der Waals surface area (Å²) < 4.78 is 10.1. The van der Waals surface area contributed by atoms with Gasteiger partial charge in [0.05, 0.1) is 12.5 Å². The Labute approximate surface area is 132 Å². The van der Waals surface area contributed by atoms with Gasteiger partial charge in [0, 0.05) is 12.2 Å². The summed E-state index contributed by atoms with van der Waals surface area (Å²) in [6, 6.07) is 6.46. The highest BCUT2D eigenvalue weighted by Gasteiger charge is 2.15. The third-order valence-electron chi connectivity index (χ3n) is 2.28. The summed E-state index contributed by atoms with van der Waals surface area (Å²) in [5.41, 5.74) is 0. The fourth-order valence-corrected chi connectivity index (χ4v) is 3.24. The van der Waals surface area contributed by atoms with E-state index in [9.17, 15) is 9.59 Å². The molecule has 0 aliphatic rings. The minimum atomic E-state index is -1.17. The molecule has 0 aromatic carbocycles. The largest absolute Gasteiger partial charge is 0.477 e. The lowest BCUT2D eigenvalue weighted by Crippen LogP contribution is -1.98. The number of hydrogen-bond acceptors (Lipinski definition) is 6. The van der Waals surface area contributed by atoms with Crippen molar-refractivity contribution in [1.82, 2.24) is 0 Å². The quantitative estimate of drug-likeness (QED) is 0.580. The molecule has 0 aliphatic carbocycles. The minimum Gasteiger partial charge on any atom is -0.477 e. The van der Waals surface area contributed by atoms with E-state index in [1.807, 2.05) is 0 Å². The zero-order valence-corrected chi connectivity index (χ0v) is 12.6. The van der Waals surface area contributed by atoms with Gasteiger partial charge in [-0.1, -0.05) is 0 Å². The van der Waals surface area contributed by atoms with Crippen LogP contribution >= 0.6 is 21.6 Å². The van der Waals surface area contributed by atoms with Gasteiger partial charge in [-0.05, 0) is 45.9 Å². The molecule has 6 nitrogen and oxygen atoms in total. The molecule has 2 aromatic rings. The van der Waals surface area contributed by atoms with Gasteiger partial charge in [-0.15, -0.1) is 0 Å². The topological polar surface area (TPSA) is 101 Å². The molecule has 0 aliphatic heterocycles. The van der Waals surface area contributed by atoms with Crippen molar-refractivity contribution < 1.29 is 28.6 Å². The maximum absolute atomic E-state index is 11.2. The normalized spacial score (nSPS) is 12.4. The maximum atomic E-state index is 11.2. The lowest BCUT2D eigenvalue weighted by molar-refractivity contribution is -0.132. The molecule has 0 fully saturated rings. The smallest absolute Gasteiger partial charge is 0.343 e. The van der Waals surface area contributed by atoms with Gasteiger partial charge in [0.1, 0.15) is 21.3 Å². The fourth-order valence-electron chi connectivity index (χ4n) is 1.34. The Morgan fingerprint density at radius 1 is 0.864 bits per heavy atom. The first-order valence-electron chi connectivity index (χ1n) is 5.88. The summed E-state index contributed by atoms with van der Waals surface area (Å²) in [6.07, 6.45) is 5.49. The molecule has 0 radical (unpaired) electrons. The third-order valence-corrected chi connectivity index (χ3v) is 4.63. The van der Waals surface area contributed by atoms with E-state index in [0.717, 1.165) is 21.6 Å². The highest BCUT2D eigenvalue weighted by atomic mass is 33.1. The second-order valence-electron chi connectivity index (χ2n) is 3.82. The zero-order chi connectivity index (χ0) is 15.9. The van der Waals surface area contributed by atoms with Gasteiger partial charge >= 0.3 is 11.9 Å². The number of carboxylic acids is 2. The lowest BCUT2D eigenvalue weighted by atomic mass is 10.4. The van der Waals surface area contributed by atoms with Crippen LogP contribution in [-0.4, -0.2) is 22.2 Å². The predicted molar refractivity (Wildman–Crippen MR) is 83.8 cm³/mol. The van der Waals surface area contributed by atoms with Crippen molar-refractivity contribution in [1.29, 1.82) is 0 Å². The van der Waals surface area contributed by atoms with Gasteiger partial charge in [0.25, 0.3) is 0 Å². The molecule has 0 bridgehead atoms. The Morgan fingerprint density at radius 2 is 1.27 bits per heavy atom. The van der Waals surface area contributed by atoms with E-state index in [2.05, 4.69) is 0 Å². The van der Waals surface area contributed by atoms with E-state index in [-0.39, 0.29) is 9.81 Å². The van der Waals surface area contributed by atoms with E-state index < -0.39 is 11.9 Å². The molecule has 0 saturated carbocycles. The highest BCUT2D eigenvalue weighted by molar-refractivity contribution is 8.80. The van der Waals surface area contributed by atoms with Crippen molar-refractivity contribution >= 4 is 45.7 Å². The molecule has 0 atom stereocenters. The number of furan rings is 2. The van der Waals surface area contributed by atoms with Crippen LogP contribution in [-0.2, 0) is 9.59 Å².